The van der Waals surface area contributed by atoms with Crippen LogP contribution in [0.15, 0.2) is 83.5 Å². The number of carbonyl (C=O) groups is 2. The summed E-state index contributed by atoms with van der Waals surface area (Å²) < 4.78 is 6.03. The van der Waals surface area contributed by atoms with E-state index in [-0.39, 0.29) is 30.3 Å². The number of hydrogen-bond donors (Lipinski definition) is 1. The monoisotopic (exact) mass is 456 g/mol. The molecule has 5 rings (SSSR count). The number of carbonyl (C=O) groups excluding carboxylic acids is 2. The highest BCUT2D eigenvalue weighted by molar-refractivity contribution is 6.04. The van der Waals surface area contributed by atoms with Crippen molar-refractivity contribution in [1.29, 1.82) is 0 Å². The van der Waals surface area contributed by atoms with E-state index in [0.29, 0.717) is 30.1 Å². The SMILES string of the molecule is CC1C=CC=C2C(=O)NN=C(OCc3cccc(C(=O)N4CCN(c5ccccc5)CC4)c3)C21. The Balaban J connectivity index is 1.21. The minimum Gasteiger partial charge on any atom is -0.474 e. The molecule has 0 aromatic heterocycles. The molecule has 2 atom stereocenters. The highest BCUT2D eigenvalue weighted by atomic mass is 16.5. The van der Waals surface area contributed by atoms with Crippen molar-refractivity contribution < 1.29 is 14.3 Å². The van der Waals surface area contributed by atoms with Gasteiger partial charge in [-0.25, -0.2) is 5.43 Å². The number of ether oxygens (including phenoxy) is 1. The lowest BCUT2D eigenvalue weighted by Gasteiger charge is -2.36. The molecule has 2 heterocycles. The van der Waals surface area contributed by atoms with E-state index in [1.54, 1.807) is 0 Å². The lowest BCUT2D eigenvalue weighted by Crippen LogP contribution is -2.48. The fraction of sp³-hybridized carbons (Fsp3) is 0.296. The number of piperazine rings is 1. The quantitative estimate of drug-likeness (QED) is 0.766. The number of nitrogens with zero attached hydrogens (tertiary/aromatic N) is 3. The molecular weight excluding hydrogens is 428 g/mol. The summed E-state index contributed by atoms with van der Waals surface area (Å²) in [4.78, 5) is 29.5. The van der Waals surface area contributed by atoms with E-state index in [0.717, 1.165) is 18.7 Å². The number of nitrogens with one attached hydrogen (secondary N) is 1. The summed E-state index contributed by atoms with van der Waals surface area (Å²) in [6, 6.07) is 17.8. The summed E-state index contributed by atoms with van der Waals surface area (Å²) in [6.45, 7) is 5.32. The van der Waals surface area contributed by atoms with Gasteiger partial charge in [0.1, 0.15) is 6.61 Å². The predicted molar refractivity (Wildman–Crippen MR) is 131 cm³/mol. The Labute approximate surface area is 199 Å². The number of fused-ring (bicyclic) bond motifs is 1. The molecule has 1 saturated heterocycles. The highest BCUT2D eigenvalue weighted by Gasteiger charge is 2.36. The number of amides is 2. The highest BCUT2D eigenvalue weighted by Crippen LogP contribution is 2.30. The van der Waals surface area contributed by atoms with Gasteiger partial charge in [-0.2, -0.15) is 0 Å². The van der Waals surface area contributed by atoms with Gasteiger partial charge < -0.3 is 14.5 Å². The first-order chi connectivity index (χ1) is 16.6. The van der Waals surface area contributed by atoms with Gasteiger partial charge in [0.2, 0.25) is 5.90 Å². The zero-order chi connectivity index (χ0) is 23.5. The van der Waals surface area contributed by atoms with Crippen LogP contribution >= 0.6 is 0 Å². The standard InChI is InChI=1S/C27H28N4O3/c1-19-7-5-12-23-24(19)26(29-28-25(23)32)34-18-20-8-6-9-21(17-20)27(33)31-15-13-30(14-16-31)22-10-3-2-4-11-22/h2-12,17,19,24H,13-16,18H2,1H3,(H,28,32). The van der Waals surface area contributed by atoms with Gasteiger partial charge in [-0.1, -0.05) is 55.5 Å². The number of benzene rings is 2. The van der Waals surface area contributed by atoms with Gasteiger partial charge in [-0.3, -0.25) is 9.59 Å². The number of rotatable bonds is 4. The van der Waals surface area contributed by atoms with E-state index in [1.807, 2.05) is 72.5 Å². The van der Waals surface area contributed by atoms with Crippen molar-refractivity contribution in [2.75, 3.05) is 31.1 Å². The molecule has 2 aliphatic heterocycles. The number of para-hydroxylation sites is 1. The topological polar surface area (TPSA) is 74.2 Å². The van der Waals surface area contributed by atoms with E-state index >= 15 is 0 Å². The molecule has 2 aromatic carbocycles. The maximum Gasteiger partial charge on any atom is 0.268 e. The molecule has 0 saturated carbocycles. The van der Waals surface area contributed by atoms with E-state index in [9.17, 15) is 9.59 Å². The van der Waals surface area contributed by atoms with Crippen molar-refractivity contribution >= 4 is 23.4 Å². The first-order valence-corrected chi connectivity index (χ1v) is 11.7. The normalized spacial score (nSPS) is 21.9. The molecule has 7 nitrogen and oxygen atoms in total. The van der Waals surface area contributed by atoms with Gasteiger partial charge in [0.25, 0.3) is 11.8 Å². The second-order valence-electron chi connectivity index (χ2n) is 8.84. The molecule has 0 radical (unpaired) electrons. The minimum absolute atomic E-state index is 0.0353. The van der Waals surface area contributed by atoms with Crippen LogP contribution in [-0.2, 0) is 16.1 Å². The van der Waals surface area contributed by atoms with Crippen LogP contribution in [0.2, 0.25) is 0 Å². The average Bonchev–Trinajstić information content (AvgIpc) is 2.89. The predicted octanol–water partition coefficient (Wildman–Crippen LogP) is 3.36. The van der Waals surface area contributed by atoms with Crippen LogP contribution in [0.3, 0.4) is 0 Å². The van der Waals surface area contributed by atoms with Crippen LogP contribution in [0.5, 0.6) is 0 Å². The van der Waals surface area contributed by atoms with Gasteiger partial charge in [-0.05, 0) is 35.7 Å². The van der Waals surface area contributed by atoms with Gasteiger partial charge in [0.05, 0.1) is 5.92 Å². The third kappa shape index (κ3) is 4.46. The Kier molecular flexibility index (Phi) is 6.16. The molecule has 34 heavy (non-hydrogen) atoms. The van der Waals surface area contributed by atoms with Crippen molar-refractivity contribution in [3.05, 3.63) is 89.5 Å². The van der Waals surface area contributed by atoms with E-state index < -0.39 is 0 Å². The molecule has 174 valence electrons. The summed E-state index contributed by atoms with van der Waals surface area (Å²) in [7, 11) is 0. The second-order valence-corrected chi connectivity index (χ2v) is 8.84. The van der Waals surface area contributed by atoms with Gasteiger partial charge in [-0.15, -0.1) is 5.10 Å². The van der Waals surface area contributed by atoms with Crippen molar-refractivity contribution in [3.8, 4) is 0 Å². The third-order valence-corrected chi connectivity index (χ3v) is 6.60. The molecule has 7 heteroatoms. The van der Waals surface area contributed by atoms with E-state index in [1.165, 1.54) is 5.69 Å². The van der Waals surface area contributed by atoms with Crippen molar-refractivity contribution in [3.63, 3.8) is 0 Å². The molecule has 3 aliphatic rings. The van der Waals surface area contributed by atoms with Crippen LogP contribution in [0.4, 0.5) is 5.69 Å². The Morgan fingerprint density at radius 1 is 1.09 bits per heavy atom. The van der Waals surface area contributed by atoms with Crippen LogP contribution in [0, 0.1) is 11.8 Å². The number of anilines is 1. The average molecular weight is 457 g/mol. The summed E-state index contributed by atoms with van der Waals surface area (Å²) in [5, 5.41) is 4.16. The second kappa shape index (κ2) is 9.55. The molecule has 0 bridgehead atoms. The van der Waals surface area contributed by atoms with Gasteiger partial charge in [0, 0.05) is 43.0 Å². The van der Waals surface area contributed by atoms with Crippen molar-refractivity contribution in [1.82, 2.24) is 10.3 Å². The Hall–Kier alpha value is -3.87. The third-order valence-electron chi connectivity index (χ3n) is 6.60. The van der Waals surface area contributed by atoms with Crippen molar-refractivity contribution in [2.24, 2.45) is 16.9 Å². The van der Waals surface area contributed by atoms with Gasteiger partial charge >= 0.3 is 0 Å². The molecule has 0 spiro atoms. The van der Waals surface area contributed by atoms with Crippen LogP contribution < -0.4 is 10.3 Å². The van der Waals surface area contributed by atoms with Gasteiger partial charge in [0.15, 0.2) is 0 Å². The van der Waals surface area contributed by atoms with Crippen molar-refractivity contribution in [2.45, 2.75) is 13.5 Å². The molecule has 2 aromatic rings. The number of allylic oxidation sites excluding steroid dienone is 3. The molecule has 1 fully saturated rings. The van der Waals surface area contributed by atoms with Crippen LogP contribution in [0.1, 0.15) is 22.8 Å². The Morgan fingerprint density at radius 3 is 2.68 bits per heavy atom. The van der Waals surface area contributed by atoms with Crippen LogP contribution in [-0.4, -0.2) is 48.8 Å². The summed E-state index contributed by atoms with van der Waals surface area (Å²) in [5.41, 5.74) is 5.93. The fourth-order valence-electron chi connectivity index (χ4n) is 4.71. The lowest BCUT2D eigenvalue weighted by molar-refractivity contribution is -0.118. The zero-order valence-electron chi connectivity index (χ0n) is 19.2. The molecule has 1 aliphatic carbocycles. The molecule has 2 amide bonds. The minimum atomic E-state index is -0.190. The van der Waals surface area contributed by atoms with E-state index in [4.69, 9.17) is 4.74 Å². The smallest absolute Gasteiger partial charge is 0.268 e. The summed E-state index contributed by atoms with van der Waals surface area (Å²) in [6.07, 6.45) is 5.76. The molecular formula is C27H28N4O3. The Bertz CT molecular complexity index is 1160. The van der Waals surface area contributed by atoms with Crippen LogP contribution in [0.25, 0.3) is 0 Å². The Morgan fingerprint density at radius 2 is 1.88 bits per heavy atom. The molecule has 1 N–H and O–H groups in total. The number of hydrazone groups is 1. The van der Waals surface area contributed by atoms with E-state index in [2.05, 4.69) is 27.6 Å². The number of hydrogen-bond acceptors (Lipinski definition) is 5. The zero-order valence-corrected chi connectivity index (χ0v) is 19.2. The maximum atomic E-state index is 13.1. The summed E-state index contributed by atoms with van der Waals surface area (Å²) in [5.74, 6) is 0.273. The first-order valence-electron chi connectivity index (χ1n) is 11.7. The fourth-order valence-corrected chi connectivity index (χ4v) is 4.71. The molecule has 2 unspecified atom stereocenters. The summed E-state index contributed by atoms with van der Waals surface area (Å²) >= 11 is 0. The lowest BCUT2D eigenvalue weighted by atomic mass is 9.82. The largest absolute Gasteiger partial charge is 0.474 e. The first kappa shape index (κ1) is 21.9. The maximum absolute atomic E-state index is 13.1.